The molecular weight excluding hydrogens is 204 g/mol. The van der Waals surface area contributed by atoms with Gasteiger partial charge in [-0.25, -0.2) is 0 Å². The van der Waals surface area contributed by atoms with Crippen molar-refractivity contribution in [3.8, 4) is 5.75 Å². The molecule has 0 spiro atoms. The van der Waals surface area contributed by atoms with Crippen molar-refractivity contribution in [1.82, 2.24) is 0 Å². The summed E-state index contributed by atoms with van der Waals surface area (Å²) >= 11 is 0. The molecule has 1 atom stereocenters. The van der Waals surface area contributed by atoms with Crippen LogP contribution in [0.2, 0.25) is 0 Å². The lowest BCUT2D eigenvalue weighted by Gasteiger charge is -2.12. The average molecular weight is 222 g/mol. The number of benzene rings is 1. The van der Waals surface area contributed by atoms with Gasteiger partial charge in [0.15, 0.2) is 0 Å². The van der Waals surface area contributed by atoms with Crippen LogP contribution in [-0.2, 0) is 11.2 Å². The fourth-order valence-electron chi connectivity index (χ4n) is 1.85. The Bertz CT molecular complexity index is 349. The van der Waals surface area contributed by atoms with Crippen LogP contribution in [0.3, 0.4) is 0 Å². The van der Waals surface area contributed by atoms with Gasteiger partial charge in [-0.1, -0.05) is 13.0 Å². The Kier molecular flexibility index (Phi) is 3.80. The molecule has 1 aromatic carbocycles. The highest BCUT2D eigenvalue weighted by molar-refractivity contribution is 5.40. The Morgan fingerprint density at radius 2 is 2.38 bits per heavy atom. The molecule has 1 aromatic rings. The molecule has 3 heteroatoms. The van der Waals surface area contributed by atoms with Crippen molar-refractivity contribution in [3.05, 3.63) is 29.3 Å². The third kappa shape index (κ3) is 2.54. The molecular formula is C13H18O3. The second kappa shape index (κ2) is 5.32. The first-order valence-electron chi connectivity index (χ1n) is 5.82. The Hall–Kier alpha value is -1.06. The summed E-state index contributed by atoms with van der Waals surface area (Å²) in [5.74, 6) is 0.949. The highest BCUT2D eigenvalue weighted by Crippen LogP contribution is 2.28. The van der Waals surface area contributed by atoms with Crippen molar-refractivity contribution >= 4 is 0 Å². The van der Waals surface area contributed by atoms with Crippen LogP contribution in [0.25, 0.3) is 0 Å². The Labute approximate surface area is 96.0 Å². The summed E-state index contributed by atoms with van der Waals surface area (Å²) < 4.78 is 10.8. The zero-order valence-electron chi connectivity index (χ0n) is 9.61. The van der Waals surface area contributed by atoms with Gasteiger partial charge in [0.2, 0.25) is 0 Å². The van der Waals surface area contributed by atoms with Gasteiger partial charge in [-0.3, -0.25) is 0 Å². The van der Waals surface area contributed by atoms with Crippen LogP contribution in [0.4, 0.5) is 0 Å². The lowest BCUT2D eigenvalue weighted by Crippen LogP contribution is -2.07. The van der Waals surface area contributed by atoms with Crippen LogP contribution in [0.15, 0.2) is 18.2 Å². The molecule has 0 saturated heterocycles. The van der Waals surface area contributed by atoms with Crippen molar-refractivity contribution in [2.45, 2.75) is 25.9 Å². The predicted molar refractivity (Wildman–Crippen MR) is 61.7 cm³/mol. The fourth-order valence-corrected chi connectivity index (χ4v) is 1.85. The van der Waals surface area contributed by atoms with E-state index in [1.54, 1.807) is 0 Å². The second-order valence-electron chi connectivity index (χ2n) is 4.06. The first kappa shape index (κ1) is 11.4. The van der Waals surface area contributed by atoms with Gasteiger partial charge >= 0.3 is 0 Å². The molecule has 0 radical (unpaired) electrons. The quantitative estimate of drug-likeness (QED) is 0.775. The lowest BCUT2D eigenvalue weighted by molar-refractivity contribution is 0.0363. The number of aliphatic hydroxyl groups excluding tert-OH is 1. The minimum Gasteiger partial charge on any atom is -0.493 e. The molecule has 0 amide bonds. The van der Waals surface area contributed by atoms with E-state index < -0.39 is 6.10 Å². The molecule has 16 heavy (non-hydrogen) atoms. The van der Waals surface area contributed by atoms with E-state index in [-0.39, 0.29) is 0 Å². The zero-order valence-corrected chi connectivity index (χ0v) is 9.61. The molecule has 1 N–H and O–H groups in total. The maximum atomic E-state index is 9.91. The van der Waals surface area contributed by atoms with Crippen molar-refractivity contribution in [1.29, 1.82) is 0 Å². The summed E-state index contributed by atoms with van der Waals surface area (Å²) in [5.41, 5.74) is 2.10. The maximum Gasteiger partial charge on any atom is 0.122 e. The normalized spacial score (nSPS) is 15.6. The van der Waals surface area contributed by atoms with E-state index in [0.29, 0.717) is 13.2 Å². The number of aliphatic hydroxyl groups is 1. The number of rotatable bonds is 5. The highest BCUT2D eigenvalue weighted by atomic mass is 16.5. The Morgan fingerprint density at radius 1 is 1.50 bits per heavy atom. The molecule has 0 saturated carbocycles. The topological polar surface area (TPSA) is 38.7 Å². The second-order valence-corrected chi connectivity index (χ2v) is 4.06. The average Bonchev–Trinajstić information content (AvgIpc) is 2.76. The van der Waals surface area contributed by atoms with Crippen LogP contribution in [-0.4, -0.2) is 24.9 Å². The molecule has 0 aliphatic carbocycles. The van der Waals surface area contributed by atoms with Crippen LogP contribution >= 0.6 is 0 Å². The molecule has 0 bridgehead atoms. The summed E-state index contributed by atoms with van der Waals surface area (Å²) in [6, 6.07) is 5.85. The molecule has 2 rings (SSSR count). The fraction of sp³-hybridized carbons (Fsp3) is 0.538. The van der Waals surface area contributed by atoms with E-state index in [1.807, 2.05) is 18.2 Å². The Morgan fingerprint density at radius 3 is 3.19 bits per heavy atom. The monoisotopic (exact) mass is 222 g/mol. The molecule has 88 valence electrons. The summed E-state index contributed by atoms with van der Waals surface area (Å²) in [4.78, 5) is 0. The van der Waals surface area contributed by atoms with E-state index >= 15 is 0 Å². The number of hydrogen-bond donors (Lipinski definition) is 1. The van der Waals surface area contributed by atoms with Crippen molar-refractivity contribution in [2.24, 2.45) is 0 Å². The zero-order chi connectivity index (χ0) is 11.4. The minimum atomic E-state index is -0.530. The van der Waals surface area contributed by atoms with Gasteiger partial charge in [0, 0.05) is 13.0 Å². The molecule has 3 nitrogen and oxygen atoms in total. The van der Waals surface area contributed by atoms with Gasteiger partial charge in [0.1, 0.15) is 11.9 Å². The minimum absolute atomic E-state index is 0.369. The molecule has 0 aromatic heterocycles. The predicted octanol–water partition coefficient (Wildman–Crippen LogP) is 2.08. The number of fused-ring (bicyclic) bond motifs is 1. The first-order chi connectivity index (χ1) is 7.81. The lowest BCUT2D eigenvalue weighted by atomic mass is 10.0. The van der Waals surface area contributed by atoms with Gasteiger partial charge in [0.25, 0.3) is 0 Å². The first-order valence-corrected chi connectivity index (χ1v) is 5.82. The van der Waals surface area contributed by atoms with Gasteiger partial charge < -0.3 is 14.6 Å². The van der Waals surface area contributed by atoms with Gasteiger partial charge in [0.05, 0.1) is 13.2 Å². The number of ether oxygens (including phenoxy) is 2. The summed E-state index contributed by atoms with van der Waals surface area (Å²) in [6.07, 6.45) is 1.38. The van der Waals surface area contributed by atoms with Crippen molar-refractivity contribution < 1.29 is 14.6 Å². The van der Waals surface area contributed by atoms with Crippen molar-refractivity contribution in [2.75, 3.05) is 19.8 Å². The van der Waals surface area contributed by atoms with Gasteiger partial charge in [-0.05, 0) is 29.7 Å². The Balaban J connectivity index is 1.98. The molecule has 0 fully saturated rings. The molecule has 1 aliphatic rings. The van der Waals surface area contributed by atoms with E-state index in [4.69, 9.17) is 9.47 Å². The third-order valence-corrected chi connectivity index (χ3v) is 2.72. The van der Waals surface area contributed by atoms with Crippen molar-refractivity contribution in [3.63, 3.8) is 0 Å². The van der Waals surface area contributed by atoms with Gasteiger partial charge in [-0.15, -0.1) is 0 Å². The highest BCUT2D eigenvalue weighted by Gasteiger charge is 2.15. The smallest absolute Gasteiger partial charge is 0.122 e. The SMILES string of the molecule is CCCOCC(O)c1ccc2c(c1)CCO2. The summed E-state index contributed by atoms with van der Waals surface area (Å²) in [7, 11) is 0. The summed E-state index contributed by atoms with van der Waals surface area (Å²) in [5, 5.41) is 9.91. The number of hydrogen-bond acceptors (Lipinski definition) is 3. The van der Waals surface area contributed by atoms with E-state index in [1.165, 1.54) is 5.56 Å². The third-order valence-electron chi connectivity index (χ3n) is 2.72. The van der Waals surface area contributed by atoms with E-state index in [0.717, 1.165) is 30.8 Å². The molecule has 1 aliphatic heterocycles. The van der Waals surface area contributed by atoms with E-state index in [9.17, 15) is 5.11 Å². The van der Waals surface area contributed by atoms with E-state index in [2.05, 4.69) is 6.92 Å². The standard InChI is InChI=1S/C13H18O3/c1-2-6-15-9-12(14)10-3-4-13-11(8-10)5-7-16-13/h3-4,8,12,14H,2,5-7,9H2,1H3. The van der Waals surface area contributed by atoms with Gasteiger partial charge in [-0.2, -0.15) is 0 Å². The van der Waals surface area contributed by atoms with Crippen LogP contribution in [0, 0.1) is 0 Å². The summed E-state index contributed by atoms with van der Waals surface area (Å²) in [6.45, 7) is 3.87. The van der Waals surface area contributed by atoms with Crippen LogP contribution in [0.1, 0.15) is 30.6 Å². The molecule has 1 unspecified atom stereocenters. The van der Waals surface area contributed by atoms with Crippen LogP contribution in [0.5, 0.6) is 5.75 Å². The largest absolute Gasteiger partial charge is 0.493 e. The van der Waals surface area contributed by atoms with Crippen LogP contribution < -0.4 is 4.74 Å². The maximum absolute atomic E-state index is 9.91. The molecule has 1 heterocycles.